The van der Waals surface area contributed by atoms with E-state index in [0.29, 0.717) is 11.5 Å². The van der Waals surface area contributed by atoms with Crippen molar-refractivity contribution in [1.82, 2.24) is 5.32 Å². The van der Waals surface area contributed by atoms with Crippen molar-refractivity contribution < 1.29 is 23.0 Å². The molecule has 1 aliphatic heterocycles. The molecule has 0 saturated carbocycles. The maximum absolute atomic E-state index is 13.5. The highest BCUT2D eigenvalue weighted by molar-refractivity contribution is 5.92. The summed E-state index contributed by atoms with van der Waals surface area (Å²) in [7, 11) is 0. The largest absolute Gasteiger partial charge is 0.454 e. The first-order valence-electron chi connectivity index (χ1n) is 7.37. The third-order valence-electron chi connectivity index (χ3n) is 3.66. The Morgan fingerprint density at radius 1 is 1.17 bits per heavy atom. The van der Waals surface area contributed by atoms with Gasteiger partial charge in [0, 0.05) is 11.6 Å². The Morgan fingerprint density at radius 2 is 1.88 bits per heavy atom. The number of amides is 1. The standard InChI is InChI=1S/C18H15F2NO3/c1-11(12-5-7-16-17(9-12)24-10-23-16)21-18(22)8-6-13-14(19)3-2-4-15(13)20/h2-9,11H,10H2,1H3,(H,21,22). The number of hydrogen-bond donors (Lipinski definition) is 1. The summed E-state index contributed by atoms with van der Waals surface area (Å²) in [6.07, 6.45) is 2.22. The molecule has 1 unspecified atom stereocenters. The van der Waals surface area contributed by atoms with E-state index in [1.807, 2.05) is 6.07 Å². The molecule has 2 aromatic carbocycles. The van der Waals surface area contributed by atoms with Gasteiger partial charge in [-0.1, -0.05) is 12.1 Å². The van der Waals surface area contributed by atoms with E-state index >= 15 is 0 Å². The SMILES string of the molecule is CC(NC(=O)C=Cc1c(F)cccc1F)c1ccc2c(c1)OCO2. The normalized spacial score (nSPS) is 14.0. The smallest absolute Gasteiger partial charge is 0.244 e. The van der Waals surface area contributed by atoms with Gasteiger partial charge in [-0.25, -0.2) is 8.78 Å². The highest BCUT2D eigenvalue weighted by Crippen LogP contribution is 2.34. The van der Waals surface area contributed by atoms with Crippen molar-refractivity contribution >= 4 is 12.0 Å². The molecule has 1 N–H and O–H groups in total. The fraction of sp³-hybridized carbons (Fsp3) is 0.167. The van der Waals surface area contributed by atoms with Crippen molar-refractivity contribution in [3.05, 3.63) is 65.2 Å². The van der Waals surface area contributed by atoms with Gasteiger partial charge >= 0.3 is 0 Å². The van der Waals surface area contributed by atoms with Crippen molar-refractivity contribution in [1.29, 1.82) is 0 Å². The van der Waals surface area contributed by atoms with Crippen LogP contribution >= 0.6 is 0 Å². The number of nitrogens with one attached hydrogen (secondary N) is 1. The molecule has 1 atom stereocenters. The topological polar surface area (TPSA) is 47.6 Å². The zero-order valence-corrected chi connectivity index (χ0v) is 12.9. The monoisotopic (exact) mass is 331 g/mol. The molecule has 0 saturated heterocycles. The van der Waals surface area contributed by atoms with Crippen LogP contribution in [-0.4, -0.2) is 12.7 Å². The maximum Gasteiger partial charge on any atom is 0.244 e. The molecule has 3 rings (SSSR count). The van der Waals surface area contributed by atoms with Gasteiger partial charge in [0.25, 0.3) is 0 Å². The second-order valence-electron chi connectivity index (χ2n) is 5.31. The van der Waals surface area contributed by atoms with Gasteiger partial charge in [0.15, 0.2) is 11.5 Å². The number of rotatable bonds is 4. The lowest BCUT2D eigenvalue weighted by Gasteiger charge is -2.13. The van der Waals surface area contributed by atoms with E-state index in [0.717, 1.165) is 29.8 Å². The van der Waals surface area contributed by atoms with Crippen LogP contribution in [0.1, 0.15) is 24.1 Å². The molecule has 124 valence electrons. The van der Waals surface area contributed by atoms with Crippen LogP contribution in [0.3, 0.4) is 0 Å². The molecule has 24 heavy (non-hydrogen) atoms. The number of halogens is 2. The molecule has 2 aromatic rings. The van der Waals surface area contributed by atoms with E-state index in [9.17, 15) is 13.6 Å². The second-order valence-corrected chi connectivity index (χ2v) is 5.31. The van der Waals surface area contributed by atoms with E-state index in [1.54, 1.807) is 19.1 Å². The summed E-state index contributed by atoms with van der Waals surface area (Å²) in [5.41, 5.74) is 0.585. The minimum atomic E-state index is -0.720. The molecule has 0 bridgehead atoms. The quantitative estimate of drug-likeness (QED) is 0.871. The molecule has 0 aromatic heterocycles. The molecular weight excluding hydrogens is 316 g/mol. The zero-order chi connectivity index (χ0) is 17.1. The third-order valence-corrected chi connectivity index (χ3v) is 3.66. The summed E-state index contributed by atoms with van der Waals surface area (Å²) in [6, 6.07) is 8.61. The lowest BCUT2D eigenvalue weighted by atomic mass is 10.1. The van der Waals surface area contributed by atoms with Gasteiger partial charge in [0.2, 0.25) is 12.7 Å². The Hall–Kier alpha value is -2.89. The summed E-state index contributed by atoms with van der Waals surface area (Å²) in [6.45, 7) is 1.98. The fourth-order valence-corrected chi connectivity index (χ4v) is 2.36. The van der Waals surface area contributed by atoms with Gasteiger partial charge in [0.1, 0.15) is 11.6 Å². The Bertz CT molecular complexity index is 785. The predicted molar refractivity (Wildman–Crippen MR) is 84.5 cm³/mol. The van der Waals surface area contributed by atoms with Crippen LogP contribution in [0, 0.1) is 11.6 Å². The summed E-state index contributed by atoms with van der Waals surface area (Å²) in [5.74, 6) is -0.613. The molecule has 1 heterocycles. The number of carbonyl (C=O) groups is 1. The predicted octanol–water partition coefficient (Wildman–Crippen LogP) is 3.58. The molecule has 0 aliphatic carbocycles. The number of hydrogen-bond acceptors (Lipinski definition) is 3. The van der Waals surface area contributed by atoms with Crippen LogP contribution < -0.4 is 14.8 Å². The van der Waals surface area contributed by atoms with Crippen molar-refractivity contribution in [2.24, 2.45) is 0 Å². The summed E-state index contributed by atoms with van der Waals surface area (Å²) >= 11 is 0. The van der Waals surface area contributed by atoms with E-state index in [4.69, 9.17) is 9.47 Å². The van der Waals surface area contributed by atoms with E-state index in [2.05, 4.69) is 5.32 Å². The molecule has 0 radical (unpaired) electrons. The molecule has 1 amide bonds. The second kappa shape index (κ2) is 6.70. The number of fused-ring (bicyclic) bond motifs is 1. The fourth-order valence-electron chi connectivity index (χ4n) is 2.36. The summed E-state index contributed by atoms with van der Waals surface area (Å²) < 4.78 is 37.5. The number of benzene rings is 2. The summed E-state index contributed by atoms with van der Waals surface area (Å²) in [5, 5.41) is 2.73. The molecule has 0 spiro atoms. The molecule has 6 heteroatoms. The maximum atomic E-state index is 13.5. The van der Waals surface area contributed by atoms with Gasteiger partial charge in [-0.05, 0) is 42.8 Å². The van der Waals surface area contributed by atoms with Crippen LogP contribution in [-0.2, 0) is 4.79 Å². The first kappa shape index (κ1) is 16.0. The Labute approximate surface area is 137 Å². The molecule has 4 nitrogen and oxygen atoms in total. The van der Waals surface area contributed by atoms with Gasteiger partial charge < -0.3 is 14.8 Å². The van der Waals surface area contributed by atoms with Crippen LogP contribution in [0.2, 0.25) is 0 Å². The van der Waals surface area contributed by atoms with Gasteiger partial charge in [0.05, 0.1) is 6.04 Å². The summed E-state index contributed by atoms with van der Waals surface area (Å²) in [4.78, 5) is 12.0. The number of ether oxygens (including phenoxy) is 2. The highest BCUT2D eigenvalue weighted by atomic mass is 19.1. The van der Waals surface area contributed by atoms with Crippen LogP contribution in [0.15, 0.2) is 42.5 Å². The van der Waals surface area contributed by atoms with Gasteiger partial charge in [-0.15, -0.1) is 0 Å². The molecule has 0 fully saturated rings. The Balaban J connectivity index is 1.67. The lowest BCUT2D eigenvalue weighted by Crippen LogP contribution is -2.24. The van der Waals surface area contributed by atoms with Gasteiger partial charge in [-0.3, -0.25) is 4.79 Å². The molecule has 1 aliphatic rings. The van der Waals surface area contributed by atoms with E-state index in [-0.39, 0.29) is 18.4 Å². The zero-order valence-electron chi connectivity index (χ0n) is 12.9. The lowest BCUT2D eigenvalue weighted by molar-refractivity contribution is -0.117. The van der Waals surface area contributed by atoms with E-state index < -0.39 is 17.5 Å². The average molecular weight is 331 g/mol. The first-order chi connectivity index (χ1) is 11.5. The van der Waals surface area contributed by atoms with Crippen LogP contribution in [0.4, 0.5) is 8.78 Å². The third kappa shape index (κ3) is 3.37. The van der Waals surface area contributed by atoms with E-state index in [1.165, 1.54) is 6.07 Å². The Morgan fingerprint density at radius 3 is 2.62 bits per heavy atom. The highest BCUT2D eigenvalue weighted by Gasteiger charge is 2.16. The average Bonchev–Trinajstić information content (AvgIpc) is 3.01. The van der Waals surface area contributed by atoms with Crippen molar-refractivity contribution in [3.8, 4) is 11.5 Å². The van der Waals surface area contributed by atoms with Crippen LogP contribution in [0.25, 0.3) is 6.08 Å². The Kier molecular flexibility index (Phi) is 4.46. The van der Waals surface area contributed by atoms with Gasteiger partial charge in [-0.2, -0.15) is 0 Å². The molecular formula is C18H15F2NO3. The minimum absolute atomic E-state index is 0.177. The van der Waals surface area contributed by atoms with Crippen molar-refractivity contribution in [2.75, 3.05) is 6.79 Å². The number of carbonyl (C=O) groups excluding carboxylic acids is 1. The van der Waals surface area contributed by atoms with Crippen molar-refractivity contribution in [2.45, 2.75) is 13.0 Å². The first-order valence-corrected chi connectivity index (χ1v) is 7.37. The van der Waals surface area contributed by atoms with Crippen molar-refractivity contribution in [3.63, 3.8) is 0 Å². The van der Waals surface area contributed by atoms with Crippen LogP contribution in [0.5, 0.6) is 11.5 Å². The minimum Gasteiger partial charge on any atom is -0.454 e.